The number of aromatic carboxylic acids is 1. The molecule has 0 unspecified atom stereocenters. The Balaban J connectivity index is 3.28. The molecular formula is C10H9FO5. The van der Waals surface area contributed by atoms with Crippen LogP contribution in [0, 0.1) is 5.82 Å². The Morgan fingerprint density at radius 3 is 2.44 bits per heavy atom. The van der Waals surface area contributed by atoms with E-state index < -0.39 is 35.5 Å². The van der Waals surface area contributed by atoms with Crippen molar-refractivity contribution in [1.29, 1.82) is 0 Å². The molecule has 0 fully saturated rings. The van der Waals surface area contributed by atoms with Gasteiger partial charge in [-0.1, -0.05) is 0 Å². The zero-order valence-electron chi connectivity index (χ0n) is 8.36. The number of halogens is 1. The number of hydrogen-bond acceptors (Lipinski definition) is 3. The van der Waals surface area contributed by atoms with E-state index in [1.165, 1.54) is 0 Å². The predicted octanol–water partition coefficient (Wildman–Crippen LogP) is 1.16. The molecular weight excluding hydrogens is 219 g/mol. The number of aliphatic carboxylic acids is 1. The van der Waals surface area contributed by atoms with Crippen LogP contribution in [0.5, 0.6) is 5.75 Å². The Hall–Kier alpha value is -2.11. The Kier molecular flexibility index (Phi) is 3.44. The van der Waals surface area contributed by atoms with Crippen LogP contribution in [0.15, 0.2) is 12.1 Å². The largest absolute Gasteiger partial charge is 0.493 e. The highest BCUT2D eigenvalue weighted by Crippen LogP contribution is 2.24. The molecule has 1 rings (SSSR count). The molecule has 1 aromatic rings. The van der Waals surface area contributed by atoms with Crippen LogP contribution < -0.4 is 4.74 Å². The molecule has 6 heteroatoms. The summed E-state index contributed by atoms with van der Waals surface area (Å²) in [6.45, 7) is 0. The van der Waals surface area contributed by atoms with Gasteiger partial charge in [0.15, 0.2) is 11.6 Å². The number of carbonyl (C=O) groups is 2. The molecule has 16 heavy (non-hydrogen) atoms. The molecule has 0 atom stereocenters. The van der Waals surface area contributed by atoms with Crippen molar-refractivity contribution in [3.63, 3.8) is 0 Å². The maximum absolute atomic E-state index is 13.3. The monoisotopic (exact) mass is 228 g/mol. The minimum Gasteiger partial charge on any atom is -0.493 e. The number of benzene rings is 1. The topological polar surface area (TPSA) is 83.8 Å². The second-order valence-electron chi connectivity index (χ2n) is 3.03. The van der Waals surface area contributed by atoms with E-state index in [-0.39, 0.29) is 5.56 Å². The highest BCUT2D eigenvalue weighted by molar-refractivity contribution is 5.91. The van der Waals surface area contributed by atoms with Gasteiger partial charge in [0.1, 0.15) is 5.56 Å². The fourth-order valence-corrected chi connectivity index (χ4v) is 1.29. The van der Waals surface area contributed by atoms with E-state index in [4.69, 9.17) is 10.2 Å². The van der Waals surface area contributed by atoms with E-state index in [0.29, 0.717) is 0 Å². The van der Waals surface area contributed by atoms with Crippen LogP contribution in [0.4, 0.5) is 4.39 Å². The van der Waals surface area contributed by atoms with Crippen LogP contribution in [-0.2, 0) is 11.2 Å². The van der Waals surface area contributed by atoms with Gasteiger partial charge < -0.3 is 14.9 Å². The van der Waals surface area contributed by atoms with E-state index >= 15 is 0 Å². The van der Waals surface area contributed by atoms with E-state index in [9.17, 15) is 14.0 Å². The molecule has 0 saturated carbocycles. The number of carboxylic acids is 2. The summed E-state index contributed by atoms with van der Waals surface area (Å²) >= 11 is 0. The Morgan fingerprint density at radius 2 is 2.00 bits per heavy atom. The van der Waals surface area contributed by atoms with Crippen molar-refractivity contribution in [2.75, 3.05) is 7.11 Å². The van der Waals surface area contributed by atoms with Gasteiger partial charge in [0.2, 0.25) is 0 Å². The molecule has 86 valence electrons. The van der Waals surface area contributed by atoms with Crippen molar-refractivity contribution < 1.29 is 28.9 Å². The molecule has 5 nitrogen and oxygen atoms in total. The fraction of sp³-hybridized carbons (Fsp3) is 0.200. The lowest BCUT2D eigenvalue weighted by atomic mass is 10.1. The molecule has 0 spiro atoms. The molecule has 0 saturated heterocycles. The lowest BCUT2D eigenvalue weighted by Gasteiger charge is -2.08. The summed E-state index contributed by atoms with van der Waals surface area (Å²) in [5.41, 5.74) is -0.318. The first-order valence-electron chi connectivity index (χ1n) is 4.27. The average molecular weight is 228 g/mol. The molecule has 0 aliphatic carbocycles. The van der Waals surface area contributed by atoms with E-state index in [1.54, 1.807) is 0 Å². The van der Waals surface area contributed by atoms with Gasteiger partial charge in [0.25, 0.3) is 0 Å². The van der Waals surface area contributed by atoms with Gasteiger partial charge in [-0.2, -0.15) is 0 Å². The van der Waals surface area contributed by atoms with Crippen LogP contribution in [0.2, 0.25) is 0 Å². The molecule has 0 amide bonds. The zero-order valence-corrected chi connectivity index (χ0v) is 8.36. The van der Waals surface area contributed by atoms with E-state index in [0.717, 1.165) is 19.2 Å². The third-order valence-corrected chi connectivity index (χ3v) is 1.89. The summed E-state index contributed by atoms with van der Waals surface area (Å²) in [7, 11) is 1.14. The lowest BCUT2D eigenvalue weighted by molar-refractivity contribution is -0.136. The van der Waals surface area contributed by atoms with E-state index in [1.807, 2.05) is 0 Å². The minimum atomic E-state index is -1.37. The van der Waals surface area contributed by atoms with Crippen molar-refractivity contribution >= 4 is 11.9 Å². The smallest absolute Gasteiger partial charge is 0.339 e. The summed E-state index contributed by atoms with van der Waals surface area (Å²) in [5, 5.41) is 17.3. The van der Waals surface area contributed by atoms with Crippen molar-refractivity contribution in [3.05, 3.63) is 29.1 Å². The normalized spacial score (nSPS) is 9.88. The predicted molar refractivity (Wildman–Crippen MR) is 51.3 cm³/mol. The number of hydrogen-bond donors (Lipinski definition) is 2. The van der Waals surface area contributed by atoms with Gasteiger partial charge >= 0.3 is 11.9 Å². The maximum Gasteiger partial charge on any atom is 0.339 e. The van der Waals surface area contributed by atoms with Gasteiger partial charge in [-0.15, -0.1) is 0 Å². The van der Waals surface area contributed by atoms with Gasteiger partial charge in [-0.05, 0) is 17.7 Å². The number of ether oxygens (including phenoxy) is 1. The Labute approximate surface area is 90.1 Å². The quantitative estimate of drug-likeness (QED) is 0.807. The van der Waals surface area contributed by atoms with Crippen LogP contribution in [-0.4, -0.2) is 29.3 Å². The van der Waals surface area contributed by atoms with Gasteiger partial charge in [-0.3, -0.25) is 4.79 Å². The highest BCUT2D eigenvalue weighted by Gasteiger charge is 2.17. The van der Waals surface area contributed by atoms with Crippen LogP contribution in [0.1, 0.15) is 15.9 Å². The summed E-state index contributed by atoms with van der Waals surface area (Å²) in [6, 6.07) is 2.03. The van der Waals surface area contributed by atoms with Gasteiger partial charge in [-0.25, -0.2) is 9.18 Å². The van der Waals surface area contributed by atoms with Crippen LogP contribution in [0.3, 0.4) is 0 Å². The lowest BCUT2D eigenvalue weighted by Crippen LogP contribution is -2.07. The minimum absolute atomic E-state index is 0.0724. The first-order valence-corrected chi connectivity index (χ1v) is 4.27. The summed E-state index contributed by atoms with van der Waals surface area (Å²) in [4.78, 5) is 21.2. The van der Waals surface area contributed by atoms with Gasteiger partial charge in [0.05, 0.1) is 13.5 Å². The molecule has 0 heterocycles. The SMILES string of the molecule is COc1c(F)cc(CC(=O)O)cc1C(=O)O. The molecule has 0 aliphatic rings. The van der Waals surface area contributed by atoms with E-state index in [2.05, 4.69) is 4.74 Å². The Bertz CT molecular complexity index is 441. The van der Waals surface area contributed by atoms with Crippen molar-refractivity contribution in [1.82, 2.24) is 0 Å². The summed E-state index contributed by atoms with van der Waals surface area (Å²) < 4.78 is 17.9. The molecule has 0 radical (unpaired) electrons. The fourth-order valence-electron chi connectivity index (χ4n) is 1.29. The van der Waals surface area contributed by atoms with Gasteiger partial charge in [0, 0.05) is 0 Å². The number of methoxy groups -OCH3 is 1. The number of carboxylic acid groups (broad SMARTS) is 2. The maximum atomic E-state index is 13.3. The number of rotatable bonds is 4. The standard InChI is InChI=1S/C10H9FO5/c1-16-9-6(10(14)15)2-5(3-7(9)11)4-8(12)13/h2-3H,4H2,1H3,(H,12,13)(H,14,15). The van der Waals surface area contributed by atoms with Crippen LogP contribution in [0.25, 0.3) is 0 Å². The van der Waals surface area contributed by atoms with Crippen molar-refractivity contribution in [2.45, 2.75) is 6.42 Å². The molecule has 1 aromatic carbocycles. The van der Waals surface area contributed by atoms with Crippen molar-refractivity contribution in [3.8, 4) is 5.75 Å². The van der Waals surface area contributed by atoms with Crippen LogP contribution >= 0.6 is 0 Å². The second kappa shape index (κ2) is 4.61. The molecule has 2 N–H and O–H groups in total. The summed E-state index contributed by atoms with van der Waals surface area (Å²) in [6.07, 6.45) is -0.443. The summed E-state index contributed by atoms with van der Waals surface area (Å²) in [5.74, 6) is -3.83. The average Bonchev–Trinajstić information content (AvgIpc) is 2.15. The third-order valence-electron chi connectivity index (χ3n) is 1.89. The first-order chi connectivity index (χ1) is 7.45. The van der Waals surface area contributed by atoms with Crippen molar-refractivity contribution in [2.24, 2.45) is 0 Å². The first kappa shape index (κ1) is 12.0. The zero-order chi connectivity index (χ0) is 12.3. The Morgan fingerprint density at radius 1 is 1.38 bits per heavy atom. The molecule has 0 bridgehead atoms. The highest BCUT2D eigenvalue weighted by atomic mass is 19.1. The molecule has 0 aromatic heterocycles. The molecule has 0 aliphatic heterocycles. The second-order valence-corrected chi connectivity index (χ2v) is 3.03. The third kappa shape index (κ3) is 2.47.